The van der Waals surface area contributed by atoms with Crippen LogP contribution in [0.5, 0.6) is 0 Å². The van der Waals surface area contributed by atoms with E-state index in [9.17, 15) is 14.7 Å². The molecule has 8 heteroatoms. The minimum absolute atomic E-state index is 0. The van der Waals surface area contributed by atoms with Gasteiger partial charge in [-0.25, -0.2) is 0 Å². The molecule has 0 atom stereocenters. The SMILES string of the molecule is O=C(ONC1CCCCC1)ONC1CCCCC1.O=C([O-])c1ccccc1.[Na+]. The Hall–Kier alpha value is -1.12. The van der Waals surface area contributed by atoms with E-state index in [0.717, 1.165) is 25.7 Å². The molecule has 150 valence electrons. The maximum atomic E-state index is 11.4. The largest absolute Gasteiger partial charge is 1.00 e. The third kappa shape index (κ3) is 10.4. The summed E-state index contributed by atoms with van der Waals surface area (Å²) in [6.07, 6.45) is 11.0. The summed E-state index contributed by atoms with van der Waals surface area (Å²) >= 11 is 0. The van der Waals surface area contributed by atoms with Gasteiger partial charge in [0.1, 0.15) is 0 Å². The summed E-state index contributed by atoms with van der Waals surface area (Å²) in [5.41, 5.74) is 5.81. The van der Waals surface area contributed by atoms with Crippen molar-refractivity contribution in [2.24, 2.45) is 0 Å². The molecule has 28 heavy (non-hydrogen) atoms. The van der Waals surface area contributed by atoms with Crippen LogP contribution < -0.4 is 45.6 Å². The molecular formula is C20H29N2NaO5. The van der Waals surface area contributed by atoms with Crippen LogP contribution in [-0.2, 0) is 9.68 Å². The van der Waals surface area contributed by atoms with Gasteiger partial charge in [0.15, 0.2) is 0 Å². The molecule has 0 heterocycles. The summed E-state index contributed by atoms with van der Waals surface area (Å²) < 4.78 is 0. The summed E-state index contributed by atoms with van der Waals surface area (Å²) in [7, 11) is 0. The fourth-order valence-corrected chi connectivity index (χ4v) is 3.30. The summed E-state index contributed by atoms with van der Waals surface area (Å²) in [5, 5.41) is 10.1. The van der Waals surface area contributed by atoms with Gasteiger partial charge in [-0.15, -0.1) is 11.0 Å². The molecule has 0 aliphatic heterocycles. The van der Waals surface area contributed by atoms with Crippen LogP contribution in [0.3, 0.4) is 0 Å². The normalized spacial score (nSPS) is 17.4. The van der Waals surface area contributed by atoms with E-state index in [-0.39, 0.29) is 35.1 Å². The molecule has 0 spiro atoms. The smallest absolute Gasteiger partial charge is 0.545 e. The predicted molar refractivity (Wildman–Crippen MR) is 98.4 cm³/mol. The number of carboxylic acids is 1. The Morgan fingerprint density at radius 2 is 1.21 bits per heavy atom. The first-order chi connectivity index (χ1) is 13.1. The Morgan fingerprint density at radius 1 is 0.786 bits per heavy atom. The van der Waals surface area contributed by atoms with Gasteiger partial charge < -0.3 is 19.6 Å². The second-order valence-electron chi connectivity index (χ2n) is 7.01. The minimum atomic E-state index is -1.13. The fourth-order valence-electron chi connectivity index (χ4n) is 3.30. The molecule has 2 aliphatic carbocycles. The summed E-state index contributed by atoms with van der Waals surface area (Å²) in [4.78, 5) is 31.2. The van der Waals surface area contributed by atoms with Crippen LogP contribution >= 0.6 is 0 Å². The van der Waals surface area contributed by atoms with Gasteiger partial charge in [-0.3, -0.25) is 0 Å². The molecule has 2 aliphatic rings. The molecule has 0 bridgehead atoms. The zero-order chi connectivity index (χ0) is 19.3. The number of carbonyl (C=O) groups excluding carboxylic acids is 2. The summed E-state index contributed by atoms with van der Waals surface area (Å²) in [6, 6.07) is 8.65. The van der Waals surface area contributed by atoms with Gasteiger partial charge in [0.05, 0.1) is 5.97 Å². The third-order valence-corrected chi connectivity index (χ3v) is 4.84. The standard InChI is InChI=1S/C13H24N2O3.C7H6O2.Na/c16-13(17-14-11-7-3-1-4-8-11)18-15-12-9-5-2-6-10-12;8-7(9)6-4-2-1-3-5-6;/h11-12,14-15H,1-10H2;1-5H,(H,8,9);/q;;+1/p-1. The molecule has 2 fully saturated rings. The van der Waals surface area contributed by atoms with Crippen LogP contribution in [-0.4, -0.2) is 24.2 Å². The number of hydrogen-bond acceptors (Lipinski definition) is 7. The van der Waals surface area contributed by atoms with Crippen molar-refractivity contribution in [3.63, 3.8) is 0 Å². The minimum Gasteiger partial charge on any atom is -0.545 e. The quantitative estimate of drug-likeness (QED) is 0.525. The van der Waals surface area contributed by atoms with Crippen molar-refractivity contribution in [3.05, 3.63) is 35.9 Å². The van der Waals surface area contributed by atoms with E-state index >= 15 is 0 Å². The zero-order valence-corrected chi connectivity index (χ0v) is 18.7. The van der Waals surface area contributed by atoms with Gasteiger partial charge in [0.2, 0.25) is 0 Å². The number of carbonyl (C=O) groups is 2. The molecule has 2 saturated carbocycles. The van der Waals surface area contributed by atoms with Gasteiger partial charge in [-0.05, 0) is 31.2 Å². The second kappa shape index (κ2) is 14.8. The molecule has 0 aromatic heterocycles. The summed E-state index contributed by atoms with van der Waals surface area (Å²) in [6.45, 7) is 0. The molecular weight excluding hydrogens is 371 g/mol. The van der Waals surface area contributed by atoms with Crippen LogP contribution in [0.15, 0.2) is 30.3 Å². The maximum Gasteiger partial charge on any atom is 1.00 e. The number of hydroxylamine groups is 2. The number of nitrogens with one attached hydrogen (secondary N) is 2. The Kier molecular flexibility index (Phi) is 13.2. The van der Waals surface area contributed by atoms with Crippen molar-refractivity contribution < 1.29 is 53.9 Å². The molecule has 3 rings (SSSR count). The van der Waals surface area contributed by atoms with Crippen LogP contribution in [0.25, 0.3) is 0 Å². The molecule has 1 aromatic carbocycles. The van der Waals surface area contributed by atoms with Crippen molar-refractivity contribution in [2.45, 2.75) is 76.3 Å². The average Bonchev–Trinajstić information content (AvgIpc) is 2.73. The van der Waals surface area contributed by atoms with E-state index in [1.165, 1.54) is 50.7 Å². The first-order valence-electron chi connectivity index (χ1n) is 9.80. The molecule has 0 radical (unpaired) electrons. The van der Waals surface area contributed by atoms with Crippen molar-refractivity contribution >= 4 is 12.1 Å². The number of aromatic carboxylic acids is 1. The Morgan fingerprint density at radius 3 is 1.57 bits per heavy atom. The maximum absolute atomic E-state index is 11.4. The molecule has 0 saturated heterocycles. The van der Waals surface area contributed by atoms with Crippen molar-refractivity contribution in [1.82, 2.24) is 11.0 Å². The van der Waals surface area contributed by atoms with Crippen molar-refractivity contribution in [2.75, 3.05) is 0 Å². The van der Waals surface area contributed by atoms with E-state index in [4.69, 9.17) is 9.68 Å². The van der Waals surface area contributed by atoms with E-state index in [2.05, 4.69) is 11.0 Å². The number of carboxylic acid groups (broad SMARTS) is 1. The van der Waals surface area contributed by atoms with Gasteiger partial charge in [0.25, 0.3) is 0 Å². The Balaban J connectivity index is 0.000000332. The van der Waals surface area contributed by atoms with E-state index in [0.29, 0.717) is 12.1 Å². The van der Waals surface area contributed by atoms with E-state index in [1.54, 1.807) is 18.2 Å². The zero-order valence-electron chi connectivity index (χ0n) is 16.7. The molecule has 0 amide bonds. The molecule has 7 nitrogen and oxygen atoms in total. The Bertz CT molecular complexity index is 537. The van der Waals surface area contributed by atoms with Crippen molar-refractivity contribution in [1.29, 1.82) is 0 Å². The Labute approximate surface area is 188 Å². The van der Waals surface area contributed by atoms with Crippen molar-refractivity contribution in [3.8, 4) is 0 Å². The van der Waals surface area contributed by atoms with Gasteiger partial charge in [-0.2, -0.15) is 4.79 Å². The van der Waals surface area contributed by atoms with E-state index < -0.39 is 12.1 Å². The third-order valence-electron chi connectivity index (χ3n) is 4.84. The van der Waals surface area contributed by atoms with Gasteiger partial charge in [-0.1, -0.05) is 68.9 Å². The number of hydrogen-bond donors (Lipinski definition) is 2. The molecule has 0 unspecified atom stereocenters. The number of benzene rings is 1. The van der Waals surface area contributed by atoms with E-state index in [1.807, 2.05) is 0 Å². The molecule has 2 N–H and O–H groups in total. The van der Waals surface area contributed by atoms with Crippen LogP contribution in [0.4, 0.5) is 4.79 Å². The van der Waals surface area contributed by atoms with Gasteiger partial charge >= 0.3 is 35.7 Å². The first kappa shape index (κ1) is 24.9. The fraction of sp³-hybridized carbons (Fsp3) is 0.600. The van der Waals surface area contributed by atoms with Gasteiger partial charge in [0, 0.05) is 12.1 Å². The van der Waals surface area contributed by atoms with Crippen LogP contribution in [0, 0.1) is 0 Å². The van der Waals surface area contributed by atoms with Crippen LogP contribution in [0.2, 0.25) is 0 Å². The second-order valence-corrected chi connectivity index (χ2v) is 7.01. The summed E-state index contributed by atoms with van der Waals surface area (Å²) in [5.74, 6) is -1.13. The monoisotopic (exact) mass is 400 g/mol. The van der Waals surface area contributed by atoms with Crippen LogP contribution in [0.1, 0.15) is 74.6 Å². The number of rotatable bonds is 5. The molecule has 1 aromatic rings. The predicted octanol–water partition coefficient (Wildman–Crippen LogP) is -0.132. The first-order valence-corrected chi connectivity index (χ1v) is 9.80. The average molecular weight is 400 g/mol. The topological polar surface area (TPSA) is 99.7 Å².